The monoisotopic (exact) mass is 406 g/mol. The van der Waals surface area contributed by atoms with Crippen LogP contribution in [0, 0.1) is 0 Å². The first-order chi connectivity index (χ1) is 14.5. The topological polar surface area (TPSA) is 82.1 Å². The third kappa shape index (κ3) is 5.17. The van der Waals surface area contributed by atoms with Crippen molar-refractivity contribution in [3.8, 4) is 11.5 Å². The Labute approximate surface area is 174 Å². The third-order valence-corrected chi connectivity index (χ3v) is 4.59. The Hall–Kier alpha value is -3.80. The number of hydrogen-bond donors (Lipinski definition) is 1. The van der Waals surface area contributed by atoms with Crippen LogP contribution in [0.3, 0.4) is 0 Å². The lowest BCUT2D eigenvalue weighted by Gasteiger charge is -2.14. The molecule has 0 aliphatic heterocycles. The number of carboxylic acids is 1. The number of methoxy groups -OCH3 is 2. The summed E-state index contributed by atoms with van der Waals surface area (Å²) in [5.41, 5.74) is 1.46. The molecular formula is C24H22O6. The van der Waals surface area contributed by atoms with Gasteiger partial charge in [-0.2, -0.15) is 0 Å². The number of benzene rings is 3. The molecule has 6 nitrogen and oxygen atoms in total. The molecule has 0 aliphatic carbocycles. The molecule has 30 heavy (non-hydrogen) atoms. The van der Waals surface area contributed by atoms with Crippen molar-refractivity contribution < 1.29 is 28.9 Å². The zero-order valence-corrected chi connectivity index (χ0v) is 16.7. The van der Waals surface area contributed by atoms with Crippen molar-refractivity contribution in [3.05, 3.63) is 77.9 Å². The molecule has 154 valence electrons. The molecule has 0 amide bonds. The number of carboxylic acid groups (broad SMARTS) is 1. The van der Waals surface area contributed by atoms with Gasteiger partial charge in [-0.15, -0.1) is 0 Å². The Bertz CT molecular complexity index is 1090. The number of ether oxygens (including phenoxy) is 3. The Morgan fingerprint density at radius 3 is 2.37 bits per heavy atom. The molecule has 0 aromatic heterocycles. The summed E-state index contributed by atoms with van der Waals surface area (Å²) in [6.07, 6.45) is 1.51. The zero-order chi connectivity index (χ0) is 21.5. The van der Waals surface area contributed by atoms with Crippen LogP contribution in [0.25, 0.3) is 16.8 Å². The van der Waals surface area contributed by atoms with E-state index in [1.54, 1.807) is 24.3 Å². The highest BCUT2D eigenvalue weighted by molar-refractivity contribution is 5.91. The summed E-state index contributed by atoms with van der Waals surface area (Å²) in [4.78, 5) is 23.8. The van der Waals surface area contributed by atoms with Gasteiger partial charge < -0.3 is 19.3 Å². The van der Waals surface area contributed by atoms with Gasteiger partial charge in [-0.1, -0.05) is 42.5 Å². The largest absolute Gasteiger partial charge is 0.493 e. The number of rotatable bonds is 8. The Morgan fingerprint density at radius 2 is 1.67 bits per heavy atom. The maximum Gasteiger partial charge on any atom is 0.345 e. The van der Waals surface area contributed by atoms with Gasteiger partial charge in [0.25, 0.3) is 0 Å². The molecule has 0 saturated heterocycles. The molecular weight excluding hydrogens is 384 g/mol. The van der Waals surface area contributed by atoms with Gasteiger partial charge >= 0.3 is 11.9 Å². The zero-order valence-electron chi connectivity index (χ0n) is 16.7. The van der Waals surface area contributed by atoms with Crippen molar-refractivity contribution in [3.63, 3.8) is 0 Å². The molecule has 0 radical (unpaired) electrons. The van der Waals surface area contributed by atoms with Crippen LogP contribution in [0.2, 0.25) is 0 Å². The van der Waals surface area contributed by atoms with E-state index in [0.29, 0.717) is 17.1 Å². The number of aliphatic carboxylic acids is 1. The lowest BCUT2D eigenvalue weighted by atomic mass is 10.1. The molecule has 0 aliphatic rings. The first-order valence-corrected chi connectivity index (χ1v) is 9.31. The van der Waals surface area contributed by atoms with E-state index in [1.807, 2.05) is 42.5 Å². The van der Waals surface area contributed by atoms with E-state index in [2.05, 4.69) is 0 Å². The fourth-order valence-electron chi connectivity index (χ4n) is 3.06. The van der Waals surface area contributed by atoms with E-state index in [1.165, 1.54) is 20.3 Å². The van der Waals surface area contributed by atoms with Gasteiger partial charge in [0.2, 0.25) is 6.10 Å². The van der Waals surface area contributed by atoms with Gasteiger partial charge in [0, 0.05) is 12.5 Å². The van der Waals surface area contributed by atoms with Crippen LogP contribution in [-0.2, 0) is 20.7 Å². The van der Waals surface area contributed by atoms with Crippen LogP contribution in [0.1, 0.15) is 11.1 Å². The first-order valence-electron chi connectivity index (χ1n) is 9.31. The SMILES string of the molecule is COc1ccc(CC(OC(=O)/C=C/c2ccc3ccccc3c2)C(=O)O)cc1OC. The molecule has 3 aromatic carbocycles. The minimum atomic E-state index is -1.32. The van der Waals surface area contributed by atoms with Crippen LogP contribution in [0.4, 0.5) is 0 Å². The van der Waals surface area contributed by atoms with E-state index < -0.39 is 18.0 Å². The Kier molecular flexibility index (Phi) is 6.70. The Balaban J connectivity index is 1.69. The molecule has 0 bridgehead atoms. The number of hydrogen-bond acceptors (Lipinski definition) is 5. The fraction of sp³-hybridized carbons (Fsp3) is 0.167. The van der Waals surface area contributed by atoms with E-state index >= 15 is 0 Å². The van der Waals surface area contributed by atoms with Gasteiger partial charge in [-0.05, 0) is 46.2 Å². The summed E-state index contributed by atoms with van der Waals surface area (Å²) in [6, 6.07) is 18.7. The van der Waals surface area contributed by atoms with Gasteiger partial charge in [-0.3, -0.25) is 0 Å². The van der Waals surface area contributed by atoms with Crippen molar-refractivity contribution in [1.29, 1.82) is 0 Å². The molecule has 0 heterocycles. The van der Waals surface area contributed by atoms with Gasteiger partial charge in [0.15, 0.2) is 11.5 Å². The normalized spacial score (nSPS) is 11.9. The molecule has 1 N–H and O–H groups in total. The molecule has 3 aromatic rings. The highest BCUT2D eigenvalue weighted by Crippen LogP contribution is 2.28. The van der Waals surface area contributed by atoms with E-state index in [0.717, 1.165) is 16.3 Å². The van der Waals surface area contributed by atoms with Crippen LogP contribution < -0.4 is 9.47 Å². The summed E-state index contributed by atoms with van der Waals surface area (Å²) in [6.45, 7) is 0. The minimum absolute atomic E-state index is 0.00520. The van der Waals surface area contributed by atoms with Crippen molar-refractivity contribution >= 4 is 28.8 Å². The third-order valence-electron chi connectivity index (χ3n) is 4.59. The van der Waals surface area contributed by atoms with Gasteiger partial charge in [0.1, 0.15) is 0 Å². The second-order valence-corrected chi connectivity index (χ2v) is 6.60. The second-order valence-electron chi connectivity index (χ2n) is 6.60. The second kappa shape index (κ2) is 9.60. The lowest BCUT2D eigenvalue weighted by Crippen LogP contribution is -2.28. The fourth-order valence-corrected chi connectivity index (χ4v) is 3.06. The van der Waals surface area contributed by atoms with Crippen LogP contribution >= 0.6 is 0 Å². The van der Waals surface area contributed by atoms with Crippen LogP contribution in [-0.4, -0.2) is 37.4 Å². The molecule has 0 spiro atoms. The molecule has 1 atom stereocenters. The maximum atomic E-state index is 12.2. The smallest absolute Gasteiger partial charge is 0.345 e. The summed E-state index contributed by atoms with van der Waals surface area (Å²) in [7, 11) is 3.01. The van der Waals surface area contributed by atoms with Crippen molar-refractivity contribution in [1.82, 2.24) is 0 Å². The number of esters is 1. The maximum absolute atomic E-state index is 12.2. The Morgan fingerprint density at radius 1 is 0.933 bits per heavy atom. The summed E-state index contributed by atoms with van der Waals surface area (Å²) in [5.74, 6) is -0.946. The minimum Gasteiger partial charge on any atom is -0.493 e. The lowest BCUT2D eigenvalue weighted by molar-refractivity contribution is -0.160. The quantitative estimate of drug-likeness (QED) is 0.448. The molecule has 0 saturated carbocycles. The summed E-state index contributed by atoms with van der Waals surface area (Å²) >= 11 is 0. The van der Waals surface area contributed by atoms with Gasteiger partial charge in [-0.25, -0.2) is 9.59 Å². The number of fused-ring (bicyclic) bond motifs is 1. The first kappa shape index (κ1) is 20.9. The van der Waals surface area contributed by atoms with E-state index in [4.69, 9.17) is 14.2 Å². The van der Waals surface area contributed by atoms with E-state index in [9.17, 15) is 14.7 Å². The molecule has 0 fully saturated rings. The predicted molar refractivity (Wildman–Crippen MR) is 114 cm³/mol. The number of carbonyl (C=O) groups excluding carboxylic acids is 1. The summed E-state index contributed by atoms with van der Waals surface area (Å²) in [5, 5.41) is 11.6. The van der Waals surface area contributed by atoms with Crippen LogP contribution in [0.5, 0.6) is 11.5 Å². The van der Waals surface area contributed by atoms with Gasteiger partial charge in [0.05, 0.1) is 14.2 Å². The van der Waals surface area contributed by atoms with E-state index in [-0.39, 0.29) is 6.42 Å². The number of carbonyl (C=O) groups is 2. The van der Waals surface area contributed by atoms with Crippen LogP contribution in [0.15, 0.2) is 66.7 Å². The average molecular weight is 406 g/mol. The highest BCUT2D eigenvalue weighted by atomic mass is 16.6. The standard InChI is InChI=1S/C24H22O6/c1-28-20-11-8-17(14-21(20)29-2)15-22(24(26)27)30-23(25)12-9-16-7-10-18-5-3-4-6-19(18)13-16/h3-14,22H,15H2,1-2H3,(H,26,27)/b12-9+. The van der Waals surface area contributed by atoms with Crippen molar-refractivity contribution in [2.24, 2.45) is 0 Å². The predicted octanol–water partition coefficient (Wildman–Crippen LogP) is 4.11. The molecule has 6 heteroatoms. The molecule has 1 unspecified atom stereocenters. The van der Waals surface area contributed by atoms with Crippen molar-refractivity contribution in [2.75, 3.05) is 14.2 Å². The average Bonchev–Trinajstić information content (AvgIpc) is 2.76. The highest BCUT2D eigenvalue weighted by Gasteiger charge is 2.22. The van der Waals surface area contributed by atoms with Crippen molar-refractivity contribution in [2.45, 2.75) is 12.5 Å². The molecule has 3 rings (SSSR count). The summed E-state index contributed by atoms with van der Waals surface area (Å²) < 4.78 is 15.6.